The van der Waals surface area contributed by atoms with Crippen molar-refractivity contribution in [3.63, 3.8) is 0 Å². The predicted molar refractivity (Wildman–Crippen MR) is 57.3 cm³/mol. The number of nitrogen functional groups attached to an aromatic ring is 1. The lowest BCUT2D eigenvalue weighted by Gasteiger charge is -2.25. The molecule has 0 radical (unpaired) electrons. The number of benzene rings is 1. The van der Waals surface area contributed by atoms with Gasteiger partial charge in [0.15, 0.2) is 0 Å². The first kappa shape index (κ1) is 11.1. The molecule has 1 aliphatic carbocycles. The zero-order valence-corrected chi connectivity index (χ0v) is 8.67. The average molecular weight is 230 g/mol. The molecule has 88 valence electrons. The molecule has 0 saturated heterocycles. The molecule has 1 aromatic rings. The number of alkyl halides is 3. The van der Waals surface area contributed by atoms with Crippen molar-refractivity contribution in [2.24, 2.45) is 0 Å². The Balaban J connectivity index is 2.16. The zero-order valence-electron chi connectivity index (χ0n) is 8.67. The summed E-state index contributed by atoms with van der Waals surface area (Å²) in [4.78, 5) is 1.40. The Morgan fingerprint density at radius 2 is 1.75 bits per heavy atom. The summed E-state index contributed by atoms with van der Waals surface area (Å²) in [7, 11) is 0. The first-order chi connectivity index (χ1) is 7.46. The van der Waals surface area contributed by atoms with Gasteiger partial charge in [-0.15, -0.1) is 0 Å². The Kier molecular flexibility index (Phi) is 2.69. The van der Waals surface area contributed by atoms with Gasteiger partial charge in [0.2, 0.25) is 0 Å². The number of halogens is 3. The van der Waals surface area contributed by atoms with Crippen LogP contribution in [0.5, 0.6) is 0 Å². The van der Waals surface area contributed by atoms with Crippen LogP contribution >= 0.6 is 0 Å². The lowest BCUT2D eigenvalue weighted by Crippen LogP contribution is -2.35. The number of nitrogens with zero attached hydrogens (tertiary/aromatic N) is 1. The van der Waals surface area contributed by atoms with Crippen LogP contribution in [0.1, 0.15) is 12.8 Å². The molecule has 1 aliphatic rings. The molecule has 1 aromatic carbocycles. The van der Waals surface area contributed by atoms with Gasteiger partial charge in [-0.3, -0.25) is 0 Å². The molecular weight excluding hydrogens is 217 g/mol. The largest absolute Gasteiger partial charge is 0.405 e. The molecule has 16 heavy (non-hydrogen) atoms. The van der Waals surface area contributed by atoms with Crippen molar-refractivity contribution >= 4 is 11.4 Å². The van der Waals surface area contributed by atoms with E-state index in [0.29, 0.717) is 11.4 Å². The van der Waals surface area contributed by atoms with Crippen molar-refractivity contribution in [1.29, 1.82) is 0 Å². The molecule has 1 fully saturated rings. The van der Waals surface area contributed by atoms with Crippen LogP contribution in [0.3, 0.4) is 0 Å². The summed E-state index contributed by atoms with van der Waals surface area (Å²) in [6.45, 7) is -0.887. The summed E-state index contributed by atoms with van der Waals surface area (Å²) < 4.78 is 37.2. The molecule has 0 aliphatic heterocycles. The van der Waals surface area contributed by atoms with Gasteiger partial charge < -0.3 is 10.6 Å². The van der Waals surface area contributed by atoms with E-state index in [9.17, 15) is 13.2 Å². The zero-order chi connectivity index (χ0) is 11.8. The highest BCUT2D eigenvalue weighted by atomic mass is 19.4. The highest BCUT2D eigenvalue weighted by Gasteiger charge is 2.38. The van der Waals surface area contributed by atoms with Crippen LogP contribution in [-0.2, 0) is 0 Å². The van der Waals surface area contributed by atoms with E-state index in [0.717, 1.165) is 12.8 Å². The Morgan fingerprint density at radius 3 is 2.19 bits per heavy atom. The number of hydrogen-bond donors (Lipinski definition) is 1. The maximum atomic E-state index is 12.4. The monoisotopic (exact) mass is 230 g/mol. The molecule has 2 nitrogen and oxygen atoms in total. The van der Waals surface area contributed by atoms with Crippen molar-refractivity contribution in [1.82, 2.24) is 0 Å². The van der Waals surface area contributed by atoms with Gasteiger partial charge in [-0.05, 0) is 37.1 Å². The highest BCUT2D eigenvalue weighted by molar-refractivity contribution is 5.54. The molecule has 1 saturated carbocycles. The third kappa shape index (κ3) is 2.81. The average Bonchev–Trinajstić information content (AvgIpc) is 2.97. The molecule has 0 unspecified atom stereocenters. The van der Waals surface area contributed by atoms with Crippen molar-refractivity contribution in [3.05, 3.63) is 24.3 Å². The van der Waals surface area contributed by atoms with Crippen LogP contribution in [0, 0.1) is 0 Å². The van der Waals surface area contributed by atoms with E-state index >= 15 is 0 Å². The Hall–Kier alpha value is -1.39. The lowest BCUT2D eigenvalue weighted by molar-refractivity contribution is -0.120. The molecule has 2 rings (SSSR count). The Labute approximate surface area is 91.8 Å². The fourth-order valence-corrected chi connectivity index (χ4v) is 1.68. The summed E-state index contributed by atoms with van der Waals surface area (Å²) >= 11 is 0. The Bertz CT molecular complexity index is 354. The topological polar surface area (TPSA) is 29.3 Å². The first-order valence-electron chi connectivity index (χ1n) is 5.15. The molecule has 0 spiro atoms. The quantitative estimate of drug-likeness (QED) is 0.809. The fourth-order valence-electron chi connectivity index (χ4n) is 1.68. The van der Waals surface area contributed by atoms with E-state index in [1.807, 2.05) is 0 Å². The van der Waals surface area contributed by atoms with Crippen LogP contribution < -0.4 is 10.6 Å². The summed E-state index contributed by atoms with van der Waals surface area (Å²) in [6.07, 6.45) is -2.50. The molecule has 0 heterocycles. The second-order valence-corrected chi connectivity index (χ2v) is 4.07. The van der Waals surface area contributed by atoms with E-state index in [2.05, 4.69) is 0 Å². The van der Waals surface area contributed by atoms with Crippen LogP contribution in [0.2, 0.25) is 0 Å². The van der Waals surface area contributed by atoms with Gasteiger partial charge in [0.25, 0.3) is 0 Å². The van der Waals surface area contributed by atoms with Crippen molar-refractivity contribution in [2.75, 3.05) is 17.2 Å². The first-order valence-corrected chi connectivity index (χ1v) is 5.15. The molecule has 0 aromatic heterocycles. The molecule has 0 bridgehead atoms. The third-order valence-corrected chi connectivity index (χ3v) is 2.56. The molecule has 5 heteroatoms. The summed E-state index contributed by atoms with van der Waals surface area (Å²) in [5.41, 5.74) is 6.66. The van der Waals surface area contributed by atoms with Crippen LogP contribution in [-0.4, -0.2) is 18.8 Å². The minimum atomic E-state index is -4.16. The summed E-state index contributed by atoms with van der Waals surface area (Å²) in [5, 5.41) is 0. The predicted octanol–water partition coefficient (Wildman–Crippen LogP) is 2.80. The van der Waals surface area contributed by atoms with Gasteiger partial charge in [-0.25, -0.2) is 0 Å². The van der Waals surface area contributed by atoms with Crippen molar-refractivity contribution in [3.8, 4) is 0 Å². The van der Waals surface area contributed by atoms with E-state index in [1.165, 1.54) is 4.90 Å². The van der Waals surface area contributed by atoms with Gasteiger partial charge in [-0.2, -0.15) is 13.2 Å². The number of nitrogens with two attached hydrogens (primary N) is 1. The number of anilines is 2. The van der Waals surface area contributed by atoms with Gasteiger partial charge in [0, 0.05) is 17.4 Å². The van der Waals surface area contributed by atoms with Gasteiger partial charge in [0.05, 0.1) is 0 Å². The minimum Gasteiger partial charge on any atom is -0.399 e. The van der Waals surface area contributed by atoms with E-state index in [4.69, 9.17) is 5.73 Å². The fraction of sp³-hybridized carbons (Fsp3) is 0.455. The van der Waals surface area contributed by atoms with Gasteiger partial charge in [0.1, 0.15) is 6.54 Å². The summed E-state index contributed by atoms with van der Waals surface area (Å²) in [6, 6.07) is 6.56. The molecule has 2 N–H and O–H groups in total. The van der Waals surface area contributed by atoms with E-state index in [-0.39, 0.29) is 6.04 Å². The SMILES string of the molecule is Nc1ccc(N(CC(F)(F)F)C2CC2)cc1. The molecular formula is C11H13F3N2. The standard InChI is InChI=1S/C11H13F3N2/c12-11(13,14)7-16(10-5-6-10)9-3-1-8(15)2-4-9/h1-4,10H,5-7,15H2. The van der Waals surface area contributed by atoms with Gasteiger partial charge >= 0.3 is 6.18 Å². The van der Waals surface area contributed by atoms with Gasteiger partial charge in [-0.1, -0.05) is 0 Å². The van der Waals surface area contributed by atoms with Crippen molar-refractivity contribution in [2.45, 2.75) is 25.1 Å². The number of rotatable bonds is 3. The maximum Gasteiger partial charge on any atom is 0.405 e. The Morgan fingerprint density at radius 1 is 1.19 bits per heavy atom. The van der Waals surface area contributed by atoms with Crippen LogP contribution in [0.25, 0.3) is 0 Å². The highest BCUT2D eigenvalue weighted by Crippen LogP contribution is 2.34. The molecule has 0 atom stereocenters. The van der Waals surface area contributed by atoms with E-state index < -0.39 is 12.7 Å². The molecule has 0 amide bonds. The maximum absolute atomic E-state index is 12.4. The third-order valence-electron chi connectivity index (χ3n) is 2.56. The number of hydrogen-bond acceptors (Lipinski definition) is 2. The smallest absolute Gasteiger partial charge is 0.399 e. The lowest BCUT2D eigenvalue weighted by atomic mass is 10.2. The second-order valence-electron chi connectivity index (χ2n) is 4.07. The van der Waals surface area contributed by atoms with Crippen molar-refractivity contribution < 1.29 is 13.2 Å². The van der Waals surface area contributed by atoms with E-state index in [1.54, 1.807) is 24.3 Å². The summed E-state index contributed by atoms with van der Waals surface area (Å²) in [5.74, 6) is 0. The van der Waals surface area contributed by atoms with Crippen LogP contribution in [0.15, 0.2) is 24.3 Å². The second kappa shape index (κ2) is 3.88. The minimum absolute atomic E-state index is 0.0326. The van der Waals surface area contributed by atoms with Crippen LogP contribution in [0.4, 0.5) is 24.5 Å². The normalized spacial score (nSPS) is 16.2.